The molecule has 15 heavy (non-hydrogen) atoms. The van der Waals surface area contributed by atoms with Gasteiger partial charge in [0.05, 0.1) is 11.0 Å². The van der Waals surface area contributed by atoms with Crippen LogP contribution in [0.3, 0.4) is 0 Å². The lowest BCUT2D eigenvalue weighted by Crippen LogP contribution is -2.35. The minimum absolute atomic E-state index is 0.116. The first-order chi connectivity index (χ1) is 6.92. The Balaban J connectivity index is 2.58. The summed E-state index contributed by atoms with van der Waals surface area (Å²) in [5, 5.41) is 0. The van der Waals surface area contributed by atoms with E-state index < -0.39 is 17.0 Å². The Hall–Kier alpha value is -1.45. The molecule has 2 nitrogen and oxygen atoms in total. The Bertz CT molecular complexity index is 438. The van der Waals surface area contributed by atoms with E-state index >= 15 is 0 Å². The van der Waals surface area contributed by atoms with Crippen molar-refractivity contribution in [2.75, 3.05) is 6.61 Å². The van der Waals surface area contributed by atoms with E-state index in [1.54, 1.807) is 13.8 Å². The van der Waals surface area contributed by atoms with Gasteiger partial charge in [-0.1, -0.05) is 0 Å². The molecule has 0 saturated carbocycles. The van der Waals surface area contributed by atoms with Crippen LogP contribution in [0.1, 0.15) is 24.2 Å². The molecule has 4 heteroatoms. The number of carbonyl (C=O) groups excluding carboxylic acids is 1. The van der Waals surface area contributed by atoms with Crippen molar-refractivity contribution in [3.8, 4) is 5.75 Å². The lowest BCUT2D eigenvalue weighted by atomic mass is 9.83. The molecule has 1 aliphatic heterocycles. The highest BCUT2D eigenvalue weighted by Gasteiger charge is 2.36. The van der Waals surface area contributed by atoms with Gasteiger partial charge in [-0.3, -0.25) is 4.79 Å². The molecule has 0 aliphatic carbocycles. The summed E-state index contributed by atoms with van der Waals surface area (Å²) >= 11 is 0. The number of rotatable bonds is 0. The maximum Gasteiger partial charge on any atom is 0.175 e. The number of halogens is 2. The van der Waals surface area contributed by atoms with Gasteiger partial charge in [0.25, 0.3) is 0 Å². The number of ketones is 1. The fourth-order valence-electron chi connectivity index (χ4n) is 1.51. The molecule has 2 rings (SSSR count). The molecule has 1 aromatic rings. The van der Waals surface area contributed by atoms with Crippen molar-refractivity contribution in [2.45, 2.75) is 13.8 Å². The normalized spacial score (nSPS) is 18.3. The summed E-state index contributed by atoms with van der Waals surface area (Å²) in [6.45, 7) is 3.60. The Morgan fingerprint density at radius 3 is 2.53 bits per heavy atom. The predicted octanol–water partition coefficient (Wildman–Crippen LogP) is 2.57. The number of fused-ring (bicyclic) bond motifs is 1. The summed E-state index contributed by atoms with van der Waals surface area (Å²) in [5.41, 5.74) is -0.567. The van der Waals surface area contributed by atoms with Crippen molar-refractivity contribution in [1.29, 1.82) is 0 Å². The number of carbonyl (C=O) groups is 1. The van der Waals surface area contributed by atoms with Crippen molar-refractivity contribution >= 4 is 5.78 Å². The van der Waals surface area contributed by atoms with Gasteiger partial charge in [0.15, 0.2) is 17.4 Å². The van der Waals surface area contributed by atoms with Crippen LogP contribution in [-0.2, 0) is 0 Å². The second-order valence-corrected chi connectivity index (χ2v) is 4.26. The highest BCUT2D eigenvalue weighted by molar-refractivity contribution is 6.03. The van der Waals surface area contributed by atoms with Crippen LogP contribution in [0, 0.1) is 17.0 Å². The monoisotopic (exact) mass is 212 g/mol. The molecule has 0 aromatic heterocycles. The third kappa shape index (κ3) is 1.50. The van der Waals surface area contributed by atoms with Crippen LogP contribution in [-0.4, -0.2) is 12.4 Å². The molecule has 0 fully saturated rings. The van der Waals surface area contributed by atoms with Crippen molar-refractivity contribution in [3.63, 3.8) is 0 Å². The minimum atomic E-state index is -1.02. The Kier molecular flexibility index (Phi) is 2.03. The number of Topliss-reactive ketones (excluding diaryl/α,β-unsaturated/α-hetero) is 1. The zero-order chi connectivity index (χ0) is 11.2. The van der Waals surface area contributed by atoms with E-state index in [2.05, 4.69) is 0 Å². The molecule has 0 bridgehead atoms. The zero-order valence-electron chi connectivity index (χ0n) is 8.43. The molecule has 0 N–H and O–H groups in total. The fourth-order valence-corrected chi connectivity index (χ4v) is 1.51. The Morgan fingerprint density at radius 2 is 1.87 bits per heavy atom. The number of hydrogen-bond donors (Lipinski definition) is 0. The van der Waals surface area contributed by atoms with Gasteiger partial charge in [-0.05, 0) is 19.9 Å². The molecule has 1 aliphatic rings. The number of benzene rings is 1. The molecule has 0 radical (unpaired) electrons. The van der Waals surface area contributed by atoms with E-state index in [9.17, 15) is 13.6 Å². The Morgan fingerprint density at radius 1 is 1.27 bits per heavy atom. The average molecular weight is 212 g/mol. The Labute approximate surface area is 85.9 Å². The smallest absolute Gasteiger partial charge is 0.175 e. The summed E-state index contributed by atoms with van der Waals surface area (Å²) in [6.07, 6.45) is 0. The van der Waals surface area contributed by atoms with Crippen LogP contribution in [0.4, 0.5) is 8.78 Å². The third-order valence-corrected chi connectivity index (χ3v) is 2.47. The molecule has 0 saturated heterocycles. The first kappa shape index (κ1) is 10.1. The van der Waals surface area contributed by atoms with Gasteiger partial charge in [-0.15, -0.1) is 0 Å². The maximum atomic E-state index is 12.9. The molecule has 1 aromatic carbocycles. The molecule has 0 unspecified atom stereocenters. The van der Waals surface area contributed by atoms with E-state index in [0.717, 1.165) is 12.1 Å². The second kappa shape index (κ2) is 3.02. The summed E-state index contributed by atoms with van der Waals surface area (Å²) in [5.74, 6) is -2.12. The van der Waals surface area contributed by atoms with E-state index in [0.29, 0.717) is 0 Å². The quantitative estimate of drug-likeness (QED) is 0.660. The van der Waals surface area contributed by atoms with Crippen LogP contribution in [0.15, 0.2) is 12.1 Å². The third-order valence-electron chi connectivity index (χ3n) is 2.47. The summed E-state index contributed by atoms with van der Waals surface area (Å²) in [6, 6.07) is 1.81. The lowest BCUT2D eigenvalue weighted by molar-refractivity contribution is 0.0690. The van der Waals surface area contributed by atoms with Crippen LogP contribution in [0.2, 0.25) is 0 Å². The summed E-state index contributed by atoms with van der Waals surface area (Å²) in [4.78, 5) is 11.8. The second-order valence-electron chi connectivity index (χ2n) is 4.26. The van der Waals surface area contributed by atoms with Crippen molar-refractivity contribution in [2.24, 2.45) is 5.41 Å². The predicted molar refractivity (Wildman–Crippen MR) is 50.0 cm³/mol. The van der Waals surface area contributed by atoms with Gasteiger partial charge in [0, 0.05) is 6.07 Å². The lowest BCUT2D eigenvalue weighted by Gasteiger charge is -2.29. The van der Waals surface area contributed by atoms with Gasteiger partial charge in [0.2, 0.25) is 0 Å². The van der Waals surface area contributed by atoms with Crippen molar-refractivity contribution in [3.05, 3.63) is 29.3 Å². The van der Waals surface area contributed by atoms with Gasteiger partial charge < -0.3 is 4.74 Å². The summed E-state index contributed by atoms with van der Waals surface area (Å²) < 4.78 is 31.0. The zero-order valence-corrected chi connectivity index (χ0v) is 8.43. The molecule has 0 amide bonds. The highest BCUT2D eigenvalue weighted by atomic mass is 19.2. The van der Waals surface area contributed by atoms with Crippen LogP contribution in [0.5, 0.6) is 5.75 Å². The topological polar surface area (TPSA) is 26.3 Å². The van der Waals surface area contributed by atoms with Crippen LogP contribution >= 0.6 is 0 Å². The van der Waals surface area contributed by atoms with Crippen LogP contribution < -0.4 is 4.74 Å². The summed E-state index contributed by atoms with van der Waals surface area (Å²) in [7, 11) is 0. The largest absolute Gasteiger partial charge is 0.492 e. The first-order valence-corrected chi connectivity index (χ1v) is 4.58. The molecule has 0 spiro atoms. The van der Waals surface area contributed by atoms with Gasteiger partial charge in [-0.2, -0.15) is 0 Å². The molecular formula is C11H10F2O2. The van der Waals surface area contributed by atoms with E-state index in [-0.39, 0.29) is 23.7 Å². The minimum Gasteiger partial charge on any atom is -0.492 e. The average Bonchev–Trinajstić information content (AvgIpc) is 2.16. The van der Waals surface area contributed by atoms with Crippen molar-refractivity contribution in [1.82, 2.24) is 0 Å². The SMILES string of the molecule is CC1(C)COc2cc(F)c(F)cc2C1=O. The number of ether oxygens (including phenoxy) is 1. The first-order valence-electron chi connectivity index (χ1n) is 4.58. The fraction of sp³-hybridized carbons (Fsp3) is 0.364. The number of hydrogen-bond acceptors (Lipinski definition) is 2. The standard InChI is InChI=1S/C11H10F2O2/c1-11(2)5-15-9-4-8(13)7(12)3-6(9)10(11)14/h3-4H,5H2,1-2H3. The van der Waals surface area contributed by atoms with Crippen LogP contribution in [0.25, 0.3) is 0 Å². The molecule has 0 atom stereocenters. The molecular weight excluding hydrogens is 202 g/mol. The molecule has 1 heterocycles. The van der Waals surface area contributed by atoms with Gasteiger partial charge in [-0.25, -0.2) is 8.78 Å². The van der Waals surface area contributed by atoms with E-state index in [1.165, 1.54) is 0 Å². The highest BCUT2D eigenvalue weighted by Crippen LogP contribution is 2.34. The maximum absolute atomic E-state index is 12.9. The van der Waals surface area contributed by atoms with E-state index in [1.807, 2.05) is 0 Å². The van der Waals surface area contributed by atoms with Gasteiger partial charge >= 0.3 is 0 Å². The van der Waals surface area contributed by atoms with E-state index in [4.69, 9.17) is 4.74 Å². The van der Waals surface area contributed by atoms with Crippen molar-refractivity contribution < 1.29 is 18.3 Å². The van der Waals surface area contributed by atoms with Gasteiger partial charge in [0.1, 0.15) is 12.4 Å². The molecule has 80 valence electrons.